The summed E-state index contributed by atoms with van der Waals surface area (Å²) in [7, 11) is 0. The smallest absolute Gasteiger partial charge is 0.0886 e. The topological polar surface area (TPSA) is 30.7 Å². The second kappa shape index (κ2) is 11.4. The van der Waals surface area contributed by atoms with Crippen LogP contribution in [-0.2, 0) is 16.2 Å². The Bertz CT molecular complexity index is 2040. The van der Waals surface area contributed by atoms with Gasteiger partial charge in [0.15, 0.2) is 0 Å². The van der Waals surface area contributed by atoms with E-state index in [9.17, 15) is 0 Å². The number of aryl methyl sites for hydroxylation is 2. The van der Waals surface area contributed by atoms with Crippen LogP contribution in [0.3, 0.4) is 0 Å². The van der Waals surface area contributed by atoms with Gasteiger partial charge in [0.25, 0.3) is 0 Å². The van der Waals surface area contributed by atoms with Crippen molar-refractivity contribution in [2.75, 3.05) is 0 Å². The van der Waals surface area contributed by atoms with Gasteiger partial charge in [0.1, 0.15) is 0 Å². The van der Waals surface area contributed by atoms with E-state index >= 15 is 0 Å². The Kier molecular flexibility index (Phi) is 7.56. The minimum absolute atomic E-state index is 0.0333. The molecule has 0 bridgehead atoms. The van der Waals surface area contributed by atoms with Crippen molar-refractivity contribution in [1.29, 1.82) is 0 Å². The highest BCUT2D eigenvalue weighted by atomic mass is 32.2. The largest absolute Gasteiger partial charge is 0.260 e. The Hall–Kier alpha value is -4.41. The zero-order valence-electron chi connectivity index (χ0n) is 28.7. The van der Waals surface area contributed by atoms with Crippen LogP contribution in [0.4, 0.5) is 0 Å². The fourth-order valence-electron chi connectivity index (χ4n) is 7.08. The van der Waals surface area contributed by atoms with Crippen molar-refractivity contribution in [3.63, 3.8) is 0 Å². The summed E-state index contributed by atoms with van der Waals surface area (Å²) in [6.07, 6.45) is 1.94. The van der Waals surface area contributed by atoms with E-state index in [0.717, 1.165) is 22.8 Å². The monoisotopic (exact) mass is 633 g/mol. The highest BCUT2D eigenvalue weighted by Gasteiger charge is 2.48. The third-order valence-electron chi connectivity index (χ3n) is 9.49. The highest BCUT2D eigenvalue weighted by molar-refractivity contribution is 7.99. The number of fused-ring (bicyclic) bond motifs is 3. The zero-order chi connectivity index (χ0) is 33.1. The van der Waals surface area contributed by atoms with Crippen LogP contribution in [0.1, 0.15) is 86.4 Å². The molecule has 0 saturated carbocycles. The molecule has 2 aromatic heterocycles. The summed E-state index contributed by atoms with van der Waals surface area (Å²) in [6, 6.07) is 40.5. The Morgan fingerprint density at radius 1 is 0.617 bits per heavy atom. The molecule has 0 unspecified atom stereocenters. The average Bonchev–Trinajstić information content (AvgIpc) is 3.54. The molecular formula is C43H43N3S. The number of benzene rings is 4. The van der Waals surface area contributed by atoms with Crippen LogP contribution in [0.25, 0.3) is 16.8 Å². The Balaban J connectivity index is 1.43. The standard InChI is InChI=1S/C43H43N3S/c1-28-23-29(2)46(45-28)33-14-12-16-35(27-33)47-34-15-11-13-32(24-34)43(40-17-9-10-22-44-40)38-20-18-30(41(3,4)5)25-36(38)37-26-31(42(6,7)8)19-21-39(37)43/h9-27H,1-8H3. The number of hydrogen-bond acceptors (Lipinski definition) is 3. The third-order valence-corrected chi connectivity index (χ3v) is 10.5. The van der Waals surface area contributed by atoms with Crippen LogP contribution in [-0.4, -0.2) is 14.8 Å². The lowest BCUT2D eigenvalue weighted by Crippen LogP contribution is -2.30. The van der Waals surface area contributed by atoms with Crippen molar-refractivity contribution in [2.45, 2.75) is 81.4 Å². The predicted molar refractivity (Wildman–Crippen MR) is 196 cm³/mol. The van der Waals surface area contributed by atoms with E-state index in [1.165, 1.54) is 48.7 Å². The van der Waals surface area contributed by atoms with Crippen LogP contribution in [0.15, 0.2) is 125 Å². The molecular weight excluding hydrogens is 591 g/mol. The summed E-state index contributed by atoms with van der Waals surface area (Å²) >= 11 is 1.79. The third kappa shape index (κ3) is 5.43. The van der Waals surface area contributed by atoms with Crippen LogP contribution in [0.2, 0.25) is 0 Å². The number of rotatable bonds is 5. The molecule has 0 atom stereocenters. The molecule has 47 heavy (non-hydrogen) atoms. The maximum Gasteiger partial charge on any atom is 0.0886 e. The maximum absolute atomic E-state index is 5.10. The normalized spacial score (nSPS) is 13.8. The lowest BCUT2D eigenvalue weighted by Gasteiger charge is -2.33. The van der Waals surface area contributed by atoms with Crippen LogP contribution in [0.5, 0.6) is 0 Å². The molecule has 6 aromatic rings. The van der Waals surface area contributed by atoms with Gasteiger partial charge in [-0.15, -0.1) is 0 Å². The Morgan fingerprint density at radius 2 is 1.23 bits per heavy atom. The van der Waals surface area contributed by atoms with Gasteiger partial charge in [-0.2, -0.15) is 5.10 Å². The number of pyridine rings is 1. The SMILES string of the molecule is Cc1cc(C)n(-c2cccc(Sc3cccc(C4(c5ccccn5)c5ccc(C(C)(C)C)cc5-c5cc(C(C)(C)C)ccc54)c3)c2)n1. The molecule has 0 amide bonds. The zero-order valence-corrected chi connectivity index (χ0v) is 29.5. The van der Waals surface area contributed by atoms with E-state index in [-0.39, 0.29) is 10.8 Å². The molecule has 3 nitrogen and oxygen atoms in total. The van der Waals surface area contributed by atoms with Crippen LogP contribution >= 0.6 is 11.8 Å². The molecule has 0 N–H and O–H groups in total. The quantitative estimate of drug-likeness (QED) is 0.189. The van der Waals surface area contributed by atoms with E-state index in [1.54, 1.807) is 11.8 Å². The fraction of sp³-hybridized carbons (Fsp3) is 0.256. The number of aromatic nitrogens is 3. The molecule has 1 aliphatic carbocycles. The van der Waals surface area contributed by atoms with Gasteiger partial charge in [-0.3, -0.25) is 4.98 Å². The van der Waals surface area contributed by atoms with Gasteiger partial charge in [0.05, 0.1) is 22.5 Å². The Labute approximate surface area is 284 Å². The molecule has 0 aliphatic heterocycles. The molecule has 2 heterocycles. The summed E-state index contributed by atoms with van der Waals surface area (Å²) < 4.78 is 2.02. The van der Waals surface area contributed by atoms with Gasteiger partial charge in [0.2, 0.25) is 0 Å². The van der Waals surface area contributed by atoms with E-state index in [1.807, 2.05) is 23.9 Å². The predicted octanol–water partition coefficient (Wildman–Crippen LogP) is 11.0. The van der Waals surface area contributed by atoms with Crippen molar-refractivity contribution in [1.82, 2.24) is 14.8 Å². The number of nitrogens with zero attached hydrogens (tertiary/aromatic N) is 3. The van der Waals surface area contributed by atoms with Gasteiger partial charge in [0, 0.05) is 21.7 Å². The summed E-state index contributed by atoms with van der Waals surface area (Å²) in [5.41, 5.74) is 12.9. The van der Waals surface area contributed by atoms with E-state index < -0.39 is 5.41 Å². The highest BCUT2D eigenvalue weighted by Crippen LogP contribution is 2.57. The first-order valence-corrected chi connectivity index (χ1v) is 17.3. The van der Waals surface area contributed by atoms with Crippen LogP contribution < -0.4 is 0 Å². The average molecular weight is 634 g/mol. The van der Waals surface area contributed by atoms with Crippen molar-refractivity contribution < 1.29 is 0 Å². The minimum Gasteiger partial charge on any atom is -0.260 e. The first-order chi connectivity index (χ1) is 22.4. The van der Waals surface area contributed by atoms with Gasteiger partial charge in [-0.05, 0) is 112 Å². The lowest BCUT2D eigenvalue weighted by molar-refractivity contribution is 0.589. The molecule has 4 aromatic carbocycles. The van der Waals surface area contributed by atoms with E-state index in [2.05, 4.69) is 152 Å². The van der Waals surface area contributed by atoms with Crippen LogP contribution in [0, 0.1) is 13.8 Å². The minimum atomic E-state index is -0.555. The summed E-state index contributed by atoms with van der Waals surface area (Å²) in [4.78, 5) is 7.47. The van der Waals surface area contributed by atoms with Gasteiger partial charge in [-0.25, -0.2) is 4.68 Å². The van der Waals surface area contributed by atoms with Gasteiger partial charge < -0.3 is 0 Å². The molecule has 0 spiro atoms. The van der Waals surface area contributed by atoms with Gasteiger partial charge >= 0.3 is 0 Å². The van der Waals surface area contributed by atoms with E-state index in [0.29, 0.717) is 0 Å². The van der Waals surface area contributed by atoms with E-state index in [4.69, 9.17) is 10.1 Å². The second-order valence-electron chi connectivity index (χ2n) is 15.0. The summed E-state index contributed by atoms with van der Waals surface area (Å²) in [5.74, 6) is 0. The molecule has 0 saturated heterocycles. The Morgan fingerprint density at radius 3 is 1.79 bits per heavy atom. The summed E-state index contributed by atoms with van der Waals surface area (Å²) in [6.45, 7) is 17.9. The van der Waals surface area contributed by atoms with Crippen molar-refractivity contribution in [3.05, 3.63) is 160 Å². The fourth-order valence-corrected chi connectivity index (χ4v) is 8.01. The number of hydrogen-bond donors (Lipinski definition) is 0. The molecule has 0 radical (unpaired) electrons. The molecule has 0 fully saturated rings. The molecule has 7 rings (SSSR count). The maximum atomic E-state index is 5.10. The van der Waals surface area contributed by atoms with Crippen molar-refractivity contribution in [3.8, 4) is 16.8 Å². The first kappa shape index (κ1) is 31.2. The van der Waals surface area contributed by atoms with Crippen molar-refractivity contribution in [2.24, 2.45) is 0 Å². The van der Waals surface area contributed by atoms with Gasteiger partial charge in [-0.1, -0.05) is 114 Å². The second-order valence-corrected chi connectivity index (χ2v) is 16.1. The summed E-state index contributed by atoms with van der Waals surface area (Å²) in [5, 5.41) is 4.72. The molecule has 4 heteroatoms. The molecule has 1 aliphatic rings. The lowest BCUT2D eigenvalue weighted by atomic mass is 9.69. The molecule has 236 valence electrons. The first-order valence-electron chi connectivity index (χ1n) is 16.5. The van der Waals surface area contributed by atoms with Crippen molar-refractivity contribution >= 4 is 11.8 Å².